The van der Waals surface area contributed by atoms with E-state index in [0.29, 0.717) is 11.5 Å². The second-order valence-corrected chi connectivity index (χ2v) is 4.96. The minimum absolute atomic E-state index is 0.0686. The zero-order valence-corrected chi connectivity index (χ0v) is 12.1. The number of hydrogen-bond acceptors (Lipinski definition) is 4. The molecule has 1 aromatic carbocycles. The minimum atomic E-state index is -0.616. The lowest BCUT2D eigenvalue weighted by Gasteiger charge is -2.26. The van der Waals surface area contributed by atoms with Gasteiger partial charge in [0, 0.05) is 13.1 Å². The number of nitrogens with zero attached hydrogens (tertiary/aromatic N) is 1. The van der Waals surface area contributed by atoms with Crippen LogP contribution in [0, 0.1) is 0 Å². The van der Waals surface area contributed by atoms with Crippen LogP contribution in [-0.4, -0.2) is 43.5 Å². The van der Waals surface area contributed by atoms with Gasteiger partial charge in [-0.25, -0.2) is 0 Å². The Balaban J connectivity index is 2.02. The van der Waals surface area contributed by atoms with E-state index in [-0.39, 0.29) is 18.1 Å². The Morgan fingerprint density at radius 3 is 2.57 bits per heavy atom. The number of carbonyl (C=O) groups excluding carboxylic acids is 2. The highest BCUT2D eigenvalue weighted by molar-refractivity contribution is 5.96. The second-order valence-electron chi connectivity index (χ2n) is 4.96. The smallest absolute Gasteiger partial charge is 0.260 e. The van der Waals surface area contributed by atoms with E-state index in [1.54, 1.807) is 17.0 Å². The SMILES string of the molecule is COc1ccc(OCC(=O)N2CCCCC2)c(C(N)=O)c1. The second kappa shape index (κ2) is 6.97. The van der Waals surface area contributed by atoms with Crippen LogP contribution in [0.5, 0.6) is 11.5 Å². The van der Waals surface area contributed by atoms with E-state index in [1.807, 2.05) is 0 Å². The Labute approximate surface area is 123 Å². The van der Waals surface area contributed by atoms with Gasteiger partial charge in [-0.1, -0.05) is 0 Å². The number of likely N-dealkylation sites (tertiary alicyclic amines) is 1. The molecule has 0 saturated carbocycles. The van der Waals surface area contributed by atoms with Crippen molar-refractivity contribution in [2.45, 2.75) is 19.3 Å². The van der Waals surface area contributed by atoms with E-state index in [9.17, 15) is 9.59 Å². The van der Waals surface area contributed by atoms with Crippen LogP contribution in [0.2, 0.25) is 0 Å². The first-order valence-electron chi connectivity index (χ1n) is 7.00. The molecule has 0 spiro atoms. The third-order valence-electron chi connectivity index (χ3n) is 3.51. The zero-order valence-electron chi connectivity index (χ0n) is 12.1. The molecule has 0 bridgehead atoms. The highest BCUT2D eigenvalue weighted by Crippen LogP contribution is 2.24. The Kier molecular flexibility index (Phi) is 5.03. The average molecular weight is 292 g/mol. The number of primary amides is 1. The average Bonchev–Trinajstić information content (AvgIpc) is 2.53. The summed E-state index contributed by atoms with van der Waals surface area (Å²) in [6.45, 7) is 1.45. The number of nitrogens with two attached hydrogens (primary N) is 1. The lowest BCUT2D eigenvalue weighted by Crippen LogP contribution is -2.38. The van der Waals surface area contributed by atoms with Crippen LogP contribution in [0.4, 0.5) is 0 Å². The van der Waals surface area contributed by atoms with Crippen molar-refractivity contribution in [1.29, 1.82) is 0 Å². The first-order valence-corrected chi connectivity index (χ1v) is 7.00. The largest absolute Gasteiger partial charge is 0.497 e. The van der Waals surface area contributed by atoms with Gasteiger partial charge in [0.05, 0.1) is 12.7 Å². The molecule has 0 unspecified atom stereocenters. The molecule has 6 heteroatoms. The third kappa shape index (κ3) is 3.87. The van der Waals surface area contributed by atoms with Crippen molar-refractivity contribution in [3.8, 4) is 11.5 Å². The third-order valence-corrected chi connectivity index (χ3v) is 3.51. The molecule has 2 rings (SSSR count). The summed E-state index contributed by atoms with van der Waals surface area (Å²) < 4.78 is 10.5. The zero-order chi connectivity index (χ0) is 15.2. The quantitative estimate of drug-likeness (QED) is 0.883. The topological polar surface area (TPSA) is 81.9 Å². The highest BCUT2D eigenvalue weighted by atomic mass is 16.5. The first-order chi connectivity index (χ1) is 10.1. The monoisotopic (exact) mass is 292 g/mol. The van der Waals surface area contributed by atoms with Crippen molar-refractivity contribution in [2.24, 2.45) is 5.73 Å². The number of amides is 2. The predicted octanol–water partition coefficient (Wildman–Crippen LogP) is 1.19. The molecule has 0 aliphatic carbocycles. The van der Waals surface area contributed by atoms with Crippen molar-refractivity contribution in [1.82, 2.24) is 4.90 Å². The van der Waals surface area contributed by atoms with Crippen molar-refractivity contribution >= 4 is 11.8 Å². The fraction of sp³-hybridized carbons (Fsp3) is 0.467. The fourth-order valence-electron chi connectivity index (χ4n) is 2.33. The van der Waals surface area contributed by atoms with Gasteiger partial charge in [0.25, 0.3) is 11.8 Å². The maximum Gasteiger partial charge on any atom is 0.260 e. The van der Waals surface area contributed by atoms with Gasteiger partial charge in [0.2, 0.25) is 0 Å². The molecule has 2 N–H and O–H groups in total. The van der Waals surface area contributed by atoms with Crippen LogP contribution in [0.3, 0.4) is 0 Å². The van der Waals surface area contributed by atoms with E-state index in [0.717, 1.165) is 32.4 Å². The van der Waals surface area contributed by atoms with E-state index in [2.05, 4.69) is 0 Å². The van der Waals surface area contributed by atoms with Gasteiger partial charge in [-0.05, 0) is 37.5 Å². The minimum Gasteiger partial charge on any atom is -0.497 e. The summed E-state index contributed by atoms with van der Waals surface area (Å²) in [5.41, 5.74) is 5.53. The lowest BCUT2D eigenvalue weighted by atomic mass is 10.1. The molecule has 1 saturated heterocycles. The van der Waals surface area contributed by atoms with Gasteiger partial charge in [-0.15, -0.1) is 0 Å². The molecule has 114 valence electrons. The number of rotatable bonds is 5. The van der Waals surface area contributed by atoms with E-state index < -0.39 is 5.91 Å². The van der Waals surface area contributed by atoms with Crippen LogP contribution >= 0.6 is 0 Å². The molecular weight excluding hydrogens is 272 g/mol. The molecule has 0 radical (unpaired) electrons. The lowest BCUT2D eigenvalue weighted by molar-refractivity contribution is -0.134. The van der Waals surface area contributed by atoms with E-state index in [1.165, 1.54) is 13.2 Å². The Hall–Kier alpha value is -2.24. The molecule has 1 heterocycles. The van der Waals surface area contributed by atoms with Gasteiger partial charge in [0.1, 0.15) is 11.5 Å². The van der Waals surface area contributed by atoms with Crippen molar-refractivity contribution in [3.63, 3.8) is 0 Å². The van der Waals surface area contributed by atoms with Crippen LogP contribution in [-0.2, 0) is 4.79 Å². The summed E-state index contributed by atoms with van der Waals surface area (Å²) in [5, 5.41) is 0. The van der Waals surface area contributed by atoms with Gasteiger partial charge in [-0.3, -0.25) is 9.59 Å². The number of hydrogen-bond donors (Lipinski definition) is 1. The van der Waals surface area contributed by atoms with Crippen molar-refractivity contribution in [3.05, 3.63) is 23.8 Å². The van der Waals surface area contributed by atoms with Gasteiger partial charge in [0.15, 0.2) is 6.61 Å². The molecule has 1 aliphatic heterocycles. The van der Waals surface area contributed by atoms with E-state index in [4.69, 9.17) is 15.2 Å². The molecule has 1 aromatic rings. The number of methoxy groups -OCH3 is 1. The maximum atomic E-state index is 12.0. The number of carbonyl (C=O) groups is 2. The molecule has 0 aromatic heterocycles. The first kappa shape index (κ1) is 15.2. The van der Waals surface area contributed by atoms with Crippen LogP contribution < -0.4 is 15.2 Å². The number of ether oxygens (including phenoxy) is 2. The highest BCUT2D eigenvalue weighted by Gasteiger charge is 2.18. The van der Waals surface area contributed by atoms with Crippen LogP contribution in [0.1, 0.15) is 29.6 Å². The summed E-state index contributed by atoms with van der Waals surface area (Å²) in [6.07, 6.45) is 3.22. The molecule has 1 fully saturated rings. The Morgan fingerprint density at radius 2 is 1.95 bits per heavy atom. The van der Waals surface area contributed by atoms with Gasteiger partial charge >= 0.3 is 0 Å². The predicted molar refractivity (Wildman–Crippen MR) is 77.4 cm³/mol. The number of piperidine rings is 1. The van der Waals surface area contributed by atoms with Gasteiger partial charge < -0.3 is 20.1 Å². The molecule has 1 aliphatic rings. The summed E-state index contributed by atoms with van der Waals surface area (Å²) in [4.78, 5) is 25.3. The normalized spacial score (nSPS) is 14.6. The summed E-state index contributed by atoms with van der Waals surface area (Å²) in [7, 11) is 1.50. The maximum absolute atomic E-state index is 12.0. The summed E-state index contributed by atoms with van der Waals surface area (Å²) in [5.74, 6) is 0.127. The molecule has 6 nitrogen and oxygen atoms in total. The molecular formula is C15H20N2O4. The number of benzene rings is 1. The van der Waals surface area contributed by atoms with Crippen molar-refractivity contribution < 1.29 is 19.1 Å². The summed E-state index contributed by atoms with van der Waals surface area (Å²) in [6, 6.07) is 4.75. The summed E-state index contributed by atoms with van der Waals surface area (Å²) >= 11 is 0. The van der Waals surface area contributed by atoms with Crippen molar-refractivity contribution in [2.75, 3.05) is 26.8 Å². The standard InChI is InChI=1S/C15H20N2O4/c1-20-11-5-6-13(12(9-11)15(16)19)21-10-14(18)17-7-3-2-4-8-17/h5-6,9H,2-4,7-8,10H2,1H3,(H2,16,19). The van der Waals surface area contributed by atoms with E-state index >= 15 is 0 Å². The Morgan fingerprint density at radius 1 is 1.24 bits per heavy atom. The van der Waals surface area contributed by atoms with Gasteiger partial charge in [-0.2, -0.15) is 0 Å². The molecule has 21 heavy (non-hydrogen) atoms. The molecule has 2 amide bonds. The Bertz CT molecular complexity index is 524. The molecule has 0 atom stereocenters. The van der Waals surface area contributed by atoms with Crippen LogP contribution in [0.15, 0.2) is 18.2 Å². The fourth-order valence-corrected chi connectivity index (χ4v) is 2.33. The van der Waals surface area contributed by atoms with Crippen LogP contribution in [0.25, 0.3) is 0 Å².